The van der Waals surface area contributed by atoms with Gasteiger partial charge < -0.3 is 9.84 Å². The third-order valence-corrected chi connectivity index (χ3v) is 2.66. The number of nitrogens with zero attached hydrogens (tertiary/aromatic N) is 1. The highest BCUT2D eigenvalue weighted by Gasteiger charge is 2.25. The molecule has 15 heavy (non-hydrogen) atoms. The molecule has 1 heterocycles. The number of hydrogen-bond donors (Lipinski definition) is 1. The molecule has 0 bridgehead atoms. The summed E-state index contributed by atoms with van der Waals surface area (Å²) in [5.74, 6) is 0.0687. The summed E-state index contributed by atoms with van der Waals surface area (Å²) in [6.07, 6.45) is 0.475. The highest BCUT2D eigenvalue weighted by molar-refractivity contribution is 5.71. The maximum absolute atomic E-state index is 11.4. The normalized spacial score (nSPS) is 28.1. The number of carbonyl (C=O) groups is 1. The molecule has 1 rings (SSSR count). The lowest BCUT2D eigenvalue weighted by Gasteiger charge is -2.33. The van der Waals surface area contributed by atoms with E-state index in [0.29, 0.717) is 6.54 Å². The minimum atomic E-state index is -0.220. The molecule has 1 N–H and O–H groups in total. The van der Waals surface area contributed by atoms with Gasteiger partial charge in [0.15, 0.2) is 0 Å². The van der Waals surface area contributed by atoms with Crippen LogP contribution in [0, 0.1) is 5.92 Å². The van der Waals surface area contributed by atoms with E-state index in [2.05, 4.69) is 0 Å². The van der Waals surface area contributed by atoms with Gasteiger partial charge in [-0.25, -0.2) is 0 Å². The number of carbonyl (C=O) groups excluding carboxylic acids is 1. The summed E-state index contributed by atoms with van der Waals surface area (Å²) in [5, 5.41) is 9.53. The van der Waals surface area contributed by atoms with E-state index in [1.807, 2.05) is 25.7 Å². The Labute approximate surface area is 91.2 Å². The van der Waals surface area contributed by atoms with Gasteiger partial charge in [-0.15, -0.1) is 0 Å². The van der Waals surface area contributed by atoms with Crippen molar-refractivity contribution in [1.29, 1.82) is 0 Å². The SMILES string of the molecule is CC(C)OC(=O)CN1CCC(O)C(C)C1. The molecule has 0 aliphatic carbocycles. The summed E-state index contributed by atoms with van der Waals surface area (Å²) in [6.45, 7) is 7.59. The number of piperidine rings is 1. The molecule has 0 radical (unpaired) electrons. The molecule has 0 amide bonds. The van der Waals surface area contributed by atoms with Crippen molar-refractivity contribution >= 4 is 5.97 Å². The fraction of sp³-hybridized carbons (Fsp3) is 0.909. The van der Waals surface area contributed by atoms with Crippen molar-refractivity contribution in [3.8, 4) is 0 Å². The summed E-state index contributed by atoms with van der Waals surface area (Å²) in [4.78, 5) is 13.4. The van der Waals surface area contributed by atoms with Gasteiger partial charge in [-0.3, -0.25) is 9.69 Å². The number of aliphatic hydroxyl groups is 1. The summed E-state index contributed by atoms with van der Waals surface area (Å²) in [7, 11) is 0. The molecule has 1 fully saturated rings. The van der Waals surface area contributed by atoms with Gasteiger partial charge in [0, 0.05) is 13.1 Å². The van der Waals surface area contributed by atoms with Crippen LogP contribution in [0.25, 0.3) is 0 Å². The highest BCUT2D eigenvalue weighted by Crippen LogP contribution is 2.16. The lowest BCUT2D eigenvalue weighted by Crippen LogP contribution is -2.44. The van der Waals surface area contributed by atoms with Crippen molar-refractivity contribution in [3.63, 3.8) is 0 Å². The van der Waals surface area contributed by atoms with E-state index in [1.165, 1.54) is 0 Å². The van der Waals surface area contributed by atoms with Crippen LogP contribution in [0.1, 0.15) is 27.2 Å². The molecule has 0 spiro atoms. The van der Waals surface area contributed by atoms with Crippen LogP contribution in [0.3, 0.4) is 0 Å². The Morgan fingerprint density at radius 1 is 1.60 bits per heavy atom. The zero-order valence-electron chi connectivity index (χ0n) is 9.77. The second-order valence-electron chi connectivity index (χ2n) is 4.61. The van der Waals surface area contributed by atoms with Gasteiger partial charge in [-0.2, -0.15) is 0 Å². The van der Waals surface area contributed by atoms with E-state index in [9.17, 15) is 9.90 Å². The average molecular weight is 215 g/mol. The van der Waals surface area contributed by atoms with Crippen LogP contribution in [0.2, 0.25) is 0 Å². The Balaban J connectivity index is 2.30. The number of ether oxygens (including phenoxy) is 1. The maximum Gasteiger partial charge on any atom is 0.320 e. The molecule has 1 saturated heterocycles. The molecule has 1 aliphatic heterocycles. The highest BCUT2D eigenvalue weighted by atomic mass is 16.5. The quantitative estimate of drug-likeness (QED) is 0.702. The summed E-state index contributed by atoms with van der Waals surface area (Å²) in [5.41, 5.74) is 0. The first-order chi connectivity index (χ1) is 6.99. The van der Waals surface area contributed by atoms with Crippen LogP contribution in [0.4, 0.5) is 0 Å². The smallest absolute Gasteiger partial charge is 0.320 e. The Bertz CT molecular complexity index is 218. The monoisotopic (exact) mass is 215 g/mol. The molecule has 0 aromatic carbocycles. The summed E-state index contributed by atoms with van der Waals surface area (Å²) in [6, 6.07) is 0. The summed E-state index contributed by atoms with van der Waals surface area (Å²) >= 11 is 0. The first-order valence-corrected chi connectivity index (χ1v) is 5.59. The third kappa shape index (κ3) is 4.18. The number of likely N-dealkylation sites (tertiary alicyclic amines) is 1. The van der Waals surface area contributed by atoms with Crippen LogP contribution >= 0.6 is 0 Å². The number of rotatable bonds is 3. The van der Waals surface area contributed by atoms with E-state index in [4.69, 9.17) is 4.74 Å². The molecule has 2 unspecified atom stereocenters. The van der Waals surface area contributed by atoms with Gasteiger partial charge in [-0.1, -0.05) is 6.92 Å². The minimum absolute atomic E-state index is 0.0506. The van der Waals surface area contributed by atoms with Crippen molar-refractivity contribution in [2.75, 3.05) is 19.6 Å². The molecule has 1 aliphatic rings. The second kappa shape index (κ2) is 5.47. The van der Waals surface area contributed by atoms with Crippen LogP contribution in [-0.4, -0.2) is 47.8 Å². The average Bonchev–Trinajstić information content (AvgIpc) is 2.10. The zero-order valence-corrected chi connectivity index (χ0v) is 9.77. The van der Waals surface area contributed by atoms with Gasteiger partial charge >= 0.3 is 5.97 Å². The zero-order chi connectivity index (χ0) is 11.4. The minimum Gasteiger partial charge on any atom is -0.462 e. The molecule has 2 atom stereocenters. The lowest BCUT2D eigenvalue weighted by atomic mass is 9.97. The first-order valence-electron chi connectivity index (χ1n) is 5.59. The first kappa shape index (κ1) is 12.5. The van der Waals surface area contributed by atoms with Gasteiger partial charge in [-0.05, 0) is 26.2 Å². The predicted octanol–water partition coefficient (Wildman–Crippen LogP) is 0.641. The van der Waals surface area contributed by atoms with Crippen LogP contribution in [-0.2, 0) is 9.53 Å². The van der Waals surface area contributed by atoms with Crippen LogP contribution in [0.15, 0.2) is 0 Å². The van der Waals surface area contributed by atoms with Crippen molar-refractivity contribution in [1.82, 2.24) is 4.90 Å². The van der Waals surface area contributed by atoms with E-state index in [-0.39, 0.29) is 24.1 Å². The van der Waals surface area contributed by atoms with E-state index in [1.54, 1.807) is 0 Å². The number of esters is 1. The van der Waals surface area contributed by atoms with Gasteiger partial charge in [0.2, 0.25) is 0 Å². The molecule has 0 aromatic rings. The third-order valence-electron chi connectivity index (χ3n) is 2.66. The fourth-order valence-corrected chi connectivity index (χ4v) is 1.85. The largest absolute Gasteiger partial charge is 0.462 e. The number of hydrogen-bond acceptors (Lipinski definition) is 4. The molecular formula is C11H21NO3. The van der Waals surface area contributed by atoms with E-state index < -0.39 is 0 Å². The van der Waals surface area contributed by atoms with E-state index >= 15 is 0 Å². The predicted molar refractivity (Wildman–Crippen MR) is 57.5 cm³/mol. The number of aliphatic hydroxyl groups excluding tert-OH is 1. The molecule has 88 valence electrons. The van der Waals surface area contributed by atoms with Crippen molar-refractivity contribution in [2.45, 2.75) is 39.4 Å². The van der Waals surface area contributed by atoms with Crippen molar-refractivity contribution in [3.05, 3.63) is 0 Å². The van der Waals surface area contributed by atoms with Crippen molar-refractivity contribution < 1.29 is 14.6 Å². The standard InChI is InChI=1S/C11H21NO3/c1-8(2)15-11(14)7-12-5-4-10(13)9(3)6-12/h8-10,13H,4-7H2,1-3H3. The molecule has 0 aromatic heterocycles. The Hall–Kier alpha value is -0.610. The molecular weight excluding hydrogens is 194 g/mol. The van der Waals surface area contributed by atoms with Gasteiger partial charge in [0.05, 0.1) is 18.8 Å². The molecule has 0 saturated carbocycles. The second-order valence-corrected chi connectivity index (χ2v) is 4.61. The summed E-state index contributed by atoms with van der Waals surface area (Å²) < 4.78 is 5.07. The lowest BCUT2D eigenvalue weighted by molar-refractivity contribution is -0.149. The van der Waals surface area contributed by atoms with Gasteiger partial charge in [0.1, 0.15) is 0 Å². The Morgan fingerprint density at radius 2 is 2.27 bits per heavy atom. The Morgan fingerprint density at radius 3 is 2.80 bits per heavy atom. The van der Waals surface area contributed by atoms with Gasteiger partial charge in [0.25, 0.3) is 0 Å². The van der Waals surface area contributed by atoms with Crippen LogP contribution in [0.5, 0.6) is 0 Å². The van der Waals surface area contributed by atoms with E-state index in [0.717, 1.165) is 19.5 Å². The fourth-order valence-electron chi connectivity index (χ4n) is 1.85. The Kier molecular flexibility index (Phi) is 4.54. The van der Waals surface area contributed by atoms with Crippen LogP contribution < -0.4 is 0 Å². The maximum atomic E-state index is 11.4. The molecule has 4 heteroatoms. The van der Waals surface area contributed by atoms with Crippen molar-refractivity contribution in [2.24, 2.45) is 5.92 Å². The molecule has 4 nitrogen and oxygen atoms in total. The topological polar surface area (TPSA) is 49.8 Å².